The van der Waals surface area contributed by atoms with Gasteiger partial charge in [0.25, 0.3) is 5.56 Å². The van der Waals surface area contributed by atoms with Crippen molar-refractivity contribution in [3.05, 3.63) is 81.3 Å². The molecule has 188 valence electrons. The average Bonchev–Trinajstić information content (AvgIpc) is 3.35. The number of ether oxygens (including phenoxy) is 4. The van der Waals surface area contributed by atoms with Gasteiger partial charge in [-0.1, -0.05) is 18.2 Å². The van der Waals surface area contributed by atoms with E-state index >= 15 is 0 Å². The van der Waals surface area contributed by atoms with Crippen LogP contribution in [0.1, 0.15) is 46.3 Å². The Kier molecular flexibility index (Phi) is 7.43. The molecule has 36 heavy (non-hydrogen) atoms. The number of benzene rings is 2. The molecule has 4 rings (SSSR count). The van der Waals surface area contributed by atoms with Crippen molar-refractivity contribution in [2.45, 2.75) is 25.8 Å². The fraction of sp³-hybridized carbons (Fsp3) is 0.269. The van der Waals surface area contributed by atoms with Crippen molar-refractivity contribution in [3.63, 3.8) is 0 Å². The summed E-state index contributed by atoms with van der Waals surface area (Å²) in [5.41, 5.74) is 0.467. The minimum absolute atomic E-state index is 0.0942. The van der Waals surface area contributed by atoms with Gasteiger partial charge >= 0.3 is 5.97 Å². The number of hydrogen-bond acceptors (Lipinski definition) is 8. The van der Waals surface area contributed by atoms with Gasteiger partial charge in [0.2, 0.25) is 12.7 Å². The Morgan fingerprint density at radius 2 is 1.89 bits per heavy atom. The summed E-state index contributed by atoms with van der Waals surface area (Å²) in [4.78, 5) is 40.6. The smallest absolute Gasteiger partial charge is 0.343 e. The van der Waals surface area contributed by atoms with Crippen LogP contribution in [0.5, 0.6) is 23.0 Å². The molecule has 0 spiro atoms. The van der Waals surface area contributed by atoms with Gasteiger partial charge in [-0.2, -0.15) is 0 Å². The molecule has 2 aromatic carbocycles. The van der Waals surface area contributed by atoms with E-state index in [2.05, 4.69) is 10.3 Å². The number of fused-ring (bicyclic) bond motifs is 1. The molecule has 0 saturated heterocycles. The maximum Gasteiger partial charge on any atom is 0.343 e. The van der Waals surface area contributed by atoms with Crippen LogP contribution in [0.2, 0.25) is 0 Å². The van der Waals surface area contributed by atoms with Gasteiger partial charge in [-0.05, 0) is 42.3 Å². The molecular weight excluding hydrogens is 468 g/mol. The topological polar surface area (TPSA) is 136 Å². The molecule has 0 aliphatic carbocycles. The molecule has 0 fully saturated rings. The van der Waals surface area contributed by atoms with Gasteiger partial charge in [0.15, 0.2) is 11.5 Å². The van der Waals surface area contributed by atoms with Crippen molar-refractivity contribution in [2.24, 2.45) is 0 Å². The lowest BCUT2D eigenvalue weighted by Crippen LogP contribution is -2.27. The van der Waals surface area contributed by atoms with Gasteiger partial charge in [0.05, 0.1) is 19.3 Å². The second-order valence-corrected chi connectivity index (χ2v) is 8.01. The second-order valence-electron chi connectivity index (χ2n) is 8.01. The van der Waals surface area contributed by atoms with Gasteiger partial charge in [0, 0.05) is 25.1 Å². The summed E-state index contributed by atoms with van der Waals surface area (Å²) < 4.78 is 20.9. The largest absolute Gasteiger partial charge is 0.506 e. The van der Waals surface area contributed by atoms with E-state index in [9.17, 15) is 19.5 Å². The van der Waals surface area contributed by atoms with E-state index in [1.165, 1.54) is 7.11 Å². The molecule has 0 bridgehead atoms. The molecule has 0 radical (unpaired) electrons. The number of pyridine rings is 1. The summed E-state index contributed by atoms with van der Waals surface area (Å²) >= 11 is 0. The van der Waals surface area contributed by atoms with Crippen molar-refractivity contribution in [2.75, 3.05) is 20.5 Å². The summed E-state index contributed by atoms with van der Waals surface area (Å²) in [5, 5.41) is 13.7. The molecule has 1 atom stereocenters. The molecule has 10 heteroatoms. The molecule has 1 aliphatic rings. The Balaban J connectivity index is 1.62. The number of aromatic amines is 1. The van der Waals surface area contributed by atoms with E-state index in [-0.39, 0.29) is 43.4 Å². The van der Waals surface area contributed by atoms with E-state index in [1.807, 2.05) is 6.07 Å². The monoisotopic (exact) mass is 494 g/mol. The van der Waals surface area contributed by atoms with Crippen molar-refractivity contribution < 1.29 is 33.6 Å². The average molecular weight is 495 g/mol. The molecule has 1 amide bonds. The number of carbonyl (C=O) groups excluding carboxylic acids is 2. The molecule has 2 heterocycles. The fourth-order valence-electron chi connectivity index (χ4n) is 3.96. The third kappa shape index (κ3) is 5.27. The first kappa shape index (κ1) is 24.6. The highest BCUT2D eigenvalue weighted by molar-refractivity contribution is 5.92. The van der Waals surface area contributed by atoms with Gasteiger partial charge < -0.3 is 34.4 Å². The number of rotatable bonds is 9. The molecule has 1 aromatic heterocycles. The Bertz CT molecular complexity index is 1320. The number of amides is 1. The van der Waals surface area contributed by atoms with Crippen molar-refractivity contribution in [1.82, 2.24) is 10.3 Å². The van der Waals surface area contributed by atoms with Crippen LogP contribution in [-0.4, -0.2) is 42.5 Å². The summed E-state index contributed by atoms with van der Waals surface area (Å²) in [6.07, 6.45) is 0.934. The zero-order valence-corrected chi connectivity index (χ0v) is 19.8. The standard InChI is InChI=1S/C26H26N2O8/c1-3-34-26(32)19-13-28-25(31)23(24(19)30)18(16-5-7-17(33-2)8-6-16)11-22(29)27-12-15-4-9-20-21(10-15)36-14-35-20/h4-10,13,18H,3,11-12,14H2,1-2H3,(H,27,29)(H2,28,30,31). The predicted molar refractivity (Wildman–Crippen MR) is 129 cm³/mol. The molecule has 10 nitrogen and oxygen atoms in total. The lowest BCUT2D eigenvalue weighted by Gasteiger charge is -2.19. The first-order valence-corrected chi connectivity index (χ1v) is 11.3. The van der Waals surface area contributed by atoms with Crippen molar-refractivity contribution in [1.29, 1.82) is 0 Å². The third-order valence-corrected chi connectivity index (χ3v) is 5.78. The normalized spacial score (nSPS) is 12.6. The highest BCUT2D eigenvalue weighted by Gasteiger charge is 2.28. The van der Waals surface area contributed by atoms with Crippen LogP contribution in [0.4, 0.5) is 0 Å². The number of carbonyl (C=O) groups is 2. The number of H-pyrrole nitrogens is 1. The first-order valence-electron chi connectivity index (χ1n) is 11.3. The maximum absolute atomic E-state index is 13.0. The first-order chi connectivity index (χ1) is 17.4. The number of aromatic nitrogens is 1. The zero-order valence-electron chi connectivity index (χ0n) is 19.8. The second kappa shape index (κ2) is 10.9. The number of nitrogens with one attached hydrogen (secondary N) is 2. The third-order valence-electron chi connectivity index (χ3n) is 5.78. The van der Waals surface area contributed by atoms with Crippen LogP contribution >= 0.6 is 0 Å². The summed E-state index contributed by atoms with van der Waals surface area (Å²) in [5.74, 6) is -0.705. The Morgan fingerprint density at radius 3 is 2.61 bits per heavy atom. The fourth-order valence-corrected chi connectivity index (χ4v) is 3.96. The molecular formula is C26H26N2O8. The maximum atomic E-state index is 13.0. The highest BCUT2D eigenvalue weighted by Crippen LogP contribution is 2.35. The number of esters is 1. The van der Waals surface area contributed by atoms with E-state index in [0.29, 0.717) is 22.8 Å². The van der Waals surface area contributed by atoms with Crippen molar-refractivity contribution >= 4 is 11.9 Å². The van der Waals surface area contributed by atoms with E-state index in [0.717, 1.165) is 11.8 Å². The minimum atomic E-state index is -0.856. The highest BCUT2D eigenvalue weighted by atomic mass is 16.7. The van der Waals surface area contributed by atoms with Crippen LogP contribution < -0.4 is 25.1 Å². The molecule has 1 aliphatic heterocycles. The molecule has 3 aromatic rings. The quantitative estimate of drug-likeness (QED) is 0.387. The van der Waals surface area contributed by atoms with E-state index in [1.54, 1.807) is 43.3 Å². The zero-order chi connectivity index (χ0) is 25.7. The minimum Gasteiger partial charge on any atom is -0.506 e. The van der Waals surface area contributed by atoms with Gasteiger partial charge in [0.1, 0.15) is 17.1 Å². The Labute approximate surface area is 206 Å². The van der Waals surface area contributed by atoms with Gasteiger partial charge in [-0.3, -0.25) is 9.59 Å². The number of hydrogen-bond donors (Lipinski definition) is 3. The van der Waals surface area contributed by atoms with Crippen LogP contribution in [0.15, 0.2) is 53.5 Å². The van der Waals surface area contributed by atoms with Gasteiger partial charge in [-0.25, -0.2) is 4.79 Å². The molecule has 1 unspecified atom stereocenters. The van der Waals surface area contributed by atoms with Crippen molar-refractivity contribution in [3.8, 4) is 23.0 Å². The predicted octanol–water partition coefficient (Wildman–Crippen LogP) is 2.83. The summed E-state index contributed by atoms with van der Waals surface area (Å²) in [6, 6.07) is 12.1. The van der Waals surface area contributed by atoms with E-state index in [4.69, 9.17) is 18.9 Å². The Morgan fingerprint density at radius 1 is 1.14 bits per heavy atom. The lowest BCUT2D eigenvalue weighted by molar-refractivity contribution is -0.121. The van der Waals surface area contributed by atoms with E-state index < -0.39 is 23.2 Å². The van der Waals surface area contributed by atoms with Crippen LogP contribution in [0.25, 0.3) is 0 Å². The Hall–Kier alpha value is -4.47. The molecule has 3 N–H and O–H groups in total. The molecule has 0 saturated carbocycles. The van der Waals surface area contributed by atoms with Crippen LogP contribution in [-0.2, 0) is 16.1 Å². The lowest BCUT2D eigenvalue weighted by atomic mass is 9.87. The number of aromatic hydroxyl groups is 1. The van der Waals surface area contributed by atoms with Crippen LogP contribution in [0.3, 0.4) is 0 Å². The number of methoxy groups -OCH3 is 1. The summed E-state index contributed by atoms with van der Waals surface area (Å²) in [6.45, 7) is 2.09. The summed E-state index contributed by atoms with van der Waals surface area (Å²) in [7, 11) is 1.52. The van der Waals surface area contributed by atoms with Crippen LogP contribution in [0, 0.1) is 0 Å². The van der Waals surface area contributed by atoms with Gasteiger partial charge in [-0.15, -0.1) is 0 Å². The SMILES string of the molecule is CCOC(=O)c1c[nH]c(=O)c(C(CC(=O)NCc2ccc3c(c2)OCO3)c2ccc(OC)cc2)c1O.